The first-order valence-corrected chi connectivity index (χ1v) is 7.32. The number of ether oxygens (including phenoxy) is 2. The van der Waals surface area contributed by atoms with Crippen molar-refractivity contribution in [2.75, 3.05) is 12.1 Å². The number of nitrogens with one attached hydrogen (secondary N) is 2. The van der Waals surface area contributed by atoms with E-state index in [-0.39, 0.29) is 6.79 Å². The summed E-state index contributed by atoms with van der Waals surface area (Å²) in [6.45, 7) is 0.848. The lowest BCUT2D eigenvalue weighted by Gasteiger charge is -2.10. The molecule has 8 heteroatoms. The molecule has 21 heavy (non-hydrogen) atoms. The van der Waals surface area contributed by atoms with E-state index in [2.05, 4.69) is 36.5 Å². The van der Waals surface area contributed by atoms with Gasteiger partial charge in [-0.2, -0.15) is 0 Å². The van der Waals surface area contributed by atoms with Crippen LogP contribution in [-0.2, 0) is 6.54 Å². The molecule has 0 spiro atoms. The van der Waals surface area contributed by atoms with Crippen molar-refractivity contribution in [2.24, 2.45) is 0 Å². The number of thiocarbonyl (C=S) groups is 1. The quantitative estimate of drug-likeness (QED) is 0.808. The summed E-state index contributed by atoms with van der Waals surface area (Å²) >= 11 is 8.44. The number of anilines is 1. The Balaban J connectivity index is 1.55. The fraction of sp³-hybridized carbons (Fsp3) is 0.154. The van der Waals surface area contributed by atoms with Gasteiger partial charge in [0.15, 0.2) is 22.4 Å². The molecule has 108 valence electrons. The van der Waals surface area contributed by atoms with Gasteiger partial charge in [0.1, 0.15) is 4.60 Å². The van der Waals surface area contributed by atoms with Crippen molar-refractivity contribution in [3.05, 3.63) is 40.8 Å². The van der Waals surface area contributed by atoms with Crippen LogP contribution < -0.4 is 20.1 Å². The molecule has 0 atom stereocenters. The number of fused-ring (bicyclic) bond motifs is 1. The van der Waals surface area contributed by atoms with Gasteiger partial charge in [0.05, 0.1) is 12.4 Å². The maximum atomic E-state index is 5.33. The Kier molecular flexibility index (Phi) is 4.16. The Morgan fingerprint density at radius 1 is 1.24 bits per heavy atom. The molecule has 0 amide bonds. The van der Waals surface area contributed by atoms with E-state index in [1.807, 2.05) is 18.2 Å². The number of nitrogens with zero attached hydrogens (tertiary/aromatic N) is 2. The van der Waals surface area contributed by atoms with Crippen LogP contribution in [0.5, 0.6) is 11.5 Å². The molecule has 0 saturated carbocycles. The second-order valence-electron chi connectivity index (χ2n) is 4.22. The highest BCUT2D eigenvalue weighted by molar-refractivity contribution is 9.10. The molecule has 6 nitrogen and oxygen atoms in total. The smallest absolute Gasteiger partial charge is 0.231 e. The second-order valence-corrected chi connectivity index (χ2v) is 5.44. The molecular weight excluding hydrogens is 356 g/mol. The van der Waals surface area contributed by atoms with Gasteiger partial charge < -0.3 is 20.1 Å². The summed E-state index contributed by atoms with van der Waals surface area (Å²) in [5.74, 6) is 2.11. The lowest BCUT2D eigenvalue weighted by molar-refractivity contribution is 0.174. The first-order chi connectivity index (χ1) is 10.2. The van der Waals surface area contributed by atoms with Crippen molar-refractivity contribution >= 4 is 39.1 Å². The third-order valence-electron chi connectivity index (χ3n) is 2.75. The Labute approximate surface area is 135 Å². The molecule has 0 fully saturated rings. The van der Waals surface area contributed by atoms with Gasteiger partial charge in [-0.1, -0.05) is 6.07 Å². The van der Waals surface area contributed by atoms with Crippen LogP contribution in [0.4, 0.5) is 5.82 Å². The van der Waals surface area contributed by atoms with Crippen LogP contribution in [0.3, 0.4) is 0 Å². The monoisotopic (exact) mass is 366 g/mol. The second kappa shape index (κ2) is 6.23. The van der Waals surface area contributed by atoms with Gasteiger partial charge in [-0.25, -0.2) is 9.97 Å². The maximum absolute atomic E-state index is 5.33. The molecule has 1 aromatic heterocycles. The van der Waals surface area contributed by atoms with E-state index >= 15 is 0 Å². The van der Waals surface area contributed by atoms with E-state index in [9.17, 15) is 0 Å². The Bertz CT molecular complexity index is 666. The highest BCUT2D eigenvalue weighted by atomic mass is 79.9. The van der Waals surface area contributed by atoms with E-state index < -0.39 is 0 Å². The SMILES string of the molecule is S=C(NCc1ccc2c(c1)OCO2)Nc1cnc(Br)cn1. The molecule has 1 aromatic carbocycles. The summed E-state index contributed by atoms with van der Waals surface area (Å²) in [6.07, 6.45) is 3.20. The average molecular weight is 367 g/mol. The molecule has 1 aliphatic rings. The third-order valence-corrected chi connectivity index (χ3v) is 3.41. The van der Waals surface area contributed by atoms with Crippen LogP contribution in [0, 0.1) is 0 Å². The van der Waals surface area contributed by atoms with Crippen LogP contribution >= 0.6 is 28.1 Å². The predicted molar refractivity (Wildman–Crippen MR) is 85.4 cm³/mol. The predicted octanol–water partition coefficient (Wildman–Crippen LogP) is 2.45. The number of benzene rings is 1. The van der Waals surface area contributed by atoms with Crippen molar-refractivity contribution < 1.29 is 9.47 Å². The molecule has 0 radical (unpaired) electrons. The zero-order chi connectivity index (χ0) is 14.7. The molecular formula is C13H11BrN4O2S. The molecule has 1 aliphatic heterocycles. The molecule has 2 N–H and O–H groups in total. The molecule has 3 rings (SSSR count). The molecule has 0 saturated heterocycles. The number of halogens is 1. The van der Waals surface area contributed by atoms with Crippen molar-refractivity contribution in [3.8, 4) is 11.5 Å². The lowest BCUT2D eigenvalue weighted by atomic mass is 10.2. The highest BCUT2D eigenvalue weighted by Crippen LogP contribution is 2.32. The number of hydrogen-bond donors (Lipinski definition) is 2. The molecule has 0 bridgehead atoms. The Morgan fingerprint density at radius 3 is 2.90 bits per heavy atom. The first-order valence-electron chi connectivity index (χ1n) is 6.11. The van der Waals surface area contributed by atoms with E-state index in [1.54, 1.807) is 12.4 Å². The van der Waals surface area contributed by atoms with Gasteiger partial charge in [0, 0.05) is 6.54 Å². The van der Waals surface area contributed by atoms with Crippen LogP contribution in [0.2, 0.25) is 0 Å². The minimum Gasteiger partial charge on any atom is -0.454 e. The van der Waals surface area contributed by atoms with Crippen molar-refractivity contribution in [1.29, 1.82) is 0 Å². The highest BCUT2D eigenvalue weighted by Gasteiger charge is 2.13. The molecule has 2 heterocycles. The average Bonchev–Trinajstić information content (AvgIpc) is 2.95. The largest absolute Gasteiger partial charge is 0.454 e. The summed E-state index contributed by atoms with van der Waals surface area (Å²) in [7, 11) is 0. The summed E-state index contributed by atoms with van der Waals surface area (Å²) < 4.78 is 11.3. The molecule has 2 aromatic rings. The fourth-order valence-corrected chi connectivity index (χ4v) is 2.15. The van der Waals surface area contributed by atoms with Gasteiger partial charge in [0.2, 0.25) is 6.79 Å². The summed E-state index contributed by atoms with van der Waals surface area (Å²) in [5.41, 5.74) is 1.05. The van der Waals surface area contributed by atoms with E-state index in [1.165, 1.54) is 0 Å². The number of hydrogen-bond acceptors (Lipinski definition) is 5. The summed E-state index contributed by atoms with van der Waals surface area (Å²) in [5, 5.41) is 6.54. The number of rotatable bonds is 3. The maximum Gasteiger partial charge on any atom is 0.231 e. The summed E-state index contributed by atoms with van der Waals surface area (Å²) in [6, 6.07) is 5.77. The van der Waals surface area contributed by atoms with E-state index in [0.29, 0.717) is 22.1 Å². The topological polar surface area (TPSA) is 68.3 Å². The van der Waals surface area contributed by atoms with Crippen molar-refractivity contribution in [2.45, 2.75) is 6.54 Å². The first kappa shape index (κ1) is 14.0. The minimum atomic E-state index is 0.272. The van der Waals surface area contributed by atoms with E-state index in [4.69, 9.17) is 21.7 Å². The van der Waals surface area contributed by atoms with Gasteiger partial charge in [-0.05, 0) is 45.8 Å². The standard InChI is InChI=1S/C13H11BrN4O2S/c14-11-5-16-12(6-15-11)18-13(21)17-4-8-1-2-9-10(3-8)20-7-19-9/h1-3,5-6H,4,7H2,(H2,16,17,18,21). The van der Waals surface area contributed by atoms with Crippen LogP contribution in [0.15, 0.2) is 35.2 Å². The summed E-state index contributed by atoms with van der Waals surface area (Å²) in [4.78, 5) is 8.20. The van der Waals surface area contributed by atoms with Crippen LogP contribution in [0.25, 0.3) is 0 Å². The van der Waals surface area contributed by atoms with Gasteiger partial charge >= 0.3 is 0 Å². The molecule has 0 unspecified atom stereocenters. The van der Waals surface area contributed by atoms with Gasteiger partial charge in [-0.15, -0.1) is 0 Å². The lowest BCUT2D eigenvalue weighted by Crippen LogP contribution is -2.28. The Morgan fingerprint density at radius 2 is 2.10 bits per heavy atom. The van der Waals surface area contributed by atoms with E-state index in [0.717, 1.165) is 17.1 Å². The van der Waals surface area contributed by atoms with Gasteiger partial charge in [0.25, 0.3) is 0 Å². The zero-order valence-corrected chi connectivity index (χ0v) is 13.2. The minimum absolute atomic E-state index is 0.272. The normalized spacial score (nSPS) is 12.0. The van der Waals surface area contributed by atoms with Crippen LogP contribution in [0.1, 0.15) is 5.56 Å². The molecule has 0 aliphatic carbocycles. The van der Waals surface area contributed by atoms with Crippen LogP contribution in [-0.4, -0.2) is 21.9 Å². The van der Waals surface area contributed by atoms with Crippen molar-refractivity contribution in [3.63, 3.8) is 0 Å². The van der Waals surface area contributed by atoms with Crippen molar-refractivity contribution in [1.82, 2.24) is 15.3 Å². The third kappa shape index (κ3) is 3.59. The van der Waals surface area contributed by atoms with Gasteiger partial charge in [-0.3, -0.25) is 0 Å². The fourth-order valence-electron chi connectivity index (χ4n) is 1.77. The number of aromatic nitrogens is 2. The zero-order valence-electron chi connectivity index (χ0n) is 10.8. The Hall–Kier alpha value is -1.93.